The molecule has 3 aromatic rings. The first kappa shape index (κ1) is 19.0. The molecule has 0 spiro atoms. The Labute approximate surface area is 169 Å². The van der Waals surface area contributed by atoms with E-state index >= 15 is 0 Å². The molecule has 0 saturated carbocycles. The van der Waals surface area contributed by atoms with Crippen LogP contribution in [0, 0.1) is 0 Å². The van der Waals surface area contributed by atoms with Crippen molar-refractivity contribution in [2.24, 2.45) is 0 Å². The van der Waals surface area contributed by atoms with Gasteiger partial charge in [-0.1, -0.05) is 12.1 Å². The number of fused-ring (bicyclic) bond motifs is 1. The third-order valence-electron chi connectivity index (χ3n) is 4.91. The summed E-state index contributed by atoms with van der Waals surface area (Å²) < 4.78 is 12.5. The minimum Gasteiger partial charge on any atom is -0.497 e. The monoisotopic (exact) mass is 395 g/mol. The minimum atomic E-state index is -0.252. The molecule has 1 amide bonds. The first-order chi connectivity index (χ1) is 14.0. The molecule has 4 rings (SSSR count). The Morgan fingerprint density at radius 3 is 2.62 bits per heavy atom. The van der Waals surface area contributed by atoms with Gasteiger partial charge < -0.3 is 19.3 Å². The second kappa shape index (κ2) is 7.98. The lowest BCUT2D eigenvalue weighted by Gasteiger charge is -2.35. The lowest BCUT2D eigenvalue weighted by molar-refractivity contribution is 0.0751. The quantitative estimate of drug-likeness (QED) is 0.676. The molecule has 2 aromatic heterocycles. The molecule has 1 fully saturated rings. The van der Waals surface area contributed by atoms with Crippen LogP contribution in [0.1, 0.15) is 13.8 Å². The lowest BCUT2D eigenvalue weighted by Crippen LogP contribution is -2.49. The Hall–Kier alpha value is -3.29. The Kier molecular flexibility index (Phi) is 5.24. The van der Waals surface area contributed by atoms with Crippen LogP contribution in [0.4, 0.5) is 10.6 Å². The molecule has 29 heavy (non-hydrogen) atoms. The molecule has 0 radical (unpaired) electrons. The third-order valence-corrected chi connectivity index (χ3v) is 4.91. The van der Waals surface area contributed by atoms with Crippen LogP contribution < -0.4 is 9.64 Å². The molecular weight excluding hydrogens is 370 g/mol. The zero-order valence-corrected chi connectivity index (χ0v) is 16.9. The van der Waals surface area contributed by atoms with Gasteiger partial charge in [-0.25, -0.2) is 14.3 Å². The predicted octanol–water partition coefficient (Wildman–Crippen LogP) is 3.07. The maximum absolute atomic E-state index is 12.1. The smallest absolute Gasteiger partial charge is 0.410 e. The zero-order chi connectivity index (χ0) is 20.4. The SMILES string of the molecule is COc1cccc(-c2cnc3ccc(N4CCN(C(=O)OC(C)C)CC4)nn23)c1. The van der Waals surface area contributed by atoms with Crippen LogP contribution in [0.25, 0.3) is 16.9 Å². The van der Waals surface area contributed by atoms with Gasteiger partial charge in [0.25, 0.3) is 0 Å². The zero-order valence-electron chi connectivity index (χ0n) is 16.9. The predicted molar refractivity (Wildman–Crippen MR) is 110 cm³/mol. The topological polar surface area (TPSA) is 72.2 Å². The van der Waals surface area contributed by atoms with Gasteiger partial charge >= 0.3 is 6.09 Å². The highest BCUT2D eigenvalue weighted by atomic mass is 16.6. The van der Waals surface area contributed by atoms with E-state index in [1.54, 1.807) is 12.0 Å². The summed E-state index contributed by atoms with van der Waals surface area (Å²) in [6.07, 6.45) is 1.46. The van der Waals surface area contributed by atoms with Crippen LogP contribution in [-0.4, -0.2) is 65.0 Å². The van der Waals surface area contributed by atoms with Gasteiger partial charge in [0, 0.05) is 31.7 Å². The summed E-state index contributed by atoms with van der Waals surface area (Å²) in [7, 11) is 1.65. The number of imidazole rings is 1. The average molecular weight is 395 g/mol. The van der Waals surface area contributed by atoms with Crippen molar-refractivity contribution < 1.29 is 14.3 Å². The number of amides is 1. The molecule has 1 aliphatic rings. The van der Waals surface area contributed by atoms with E-state index in [9.17, 15) is 4.79 Å². The van der Waals surface area contributed by atoms with Gasteiger partial charge in [-0.2, -0.15) is 0 Å². The molecule has 0 N–H and O–H groups in total. The van der Waals surface area contributed by atoms with Crippen molar-refractivity contribution in [2.75, 3.05) is 38.2 Å². The van der Waals surface area contributed by atoms with Crippen molar-refractivity contribution in [2.45, 2.75) is 20.0 Å². The summed E-state index contributed by atoms with van der Waals surface area (Å²) in [6.45, 7) is 6.34. The number of methoxy groups -OCH3 is 1. The normalized spacial score (nSPS) is 14.5. The Morgan fingerprint density at radius 1 is 1.10 bits per heavy atom. The highest BCUT2D eigenvalue weighted by molar-refractivity contribution is 5.68. The number of hydrogen-bond acceptors (Lipinski definition) is 6. The van der Waals surface area contributed by atoms with Crippen LogP contribution in [0.3, 0.4) is 0 Å². The largest absolute Gasteiger partial charge is 0.497 e. The molecule has 1 saturated heterocycles. The number of piperazine rings is 1. The van der Waals surface area contributed by atoms with Crippen molar-refractivity contribution >= 4 is 17.6 Å². The lowest BCUT2D eigenvalue weighted by atomic mass is 10.1. The first-order valence-corrected chi connectivity index (χ1v) is 9.75. The summed E-state index contributed by atoms with van der Waals surface area (Å²) in [5.74, 6) is 1.65. The highest BCUT2D eigenvalue weighted by Crippen LogP contribution is 2.25. The number of benzene rings is 1. The van der Waals surface area contributed by atoms with Crippen molar-refractivity contribution in [1.29, 1.82) is 0 Å². The van der Waals surface area contributed by atoms with Crippen LogP contribution >= 0.6 is 0 Å². The van der Waals surface area contributed by atoms with E-state index in [-0.39, 0.29) is 12.2 Å². The molecule has 0 unspecified atom stereocenters. The van der Waals surface area contributed by atoms with E-state index in [0.717, 1.165) is 28.5 Å². The van der Waals surface area contributed by atoms with E-state index in [2.05, 4.69) is 9.88 Å². The summed E-state index contributed by atoms with van der Waals surface area (Å²) in [6, 6.07) is 11.8. The van der Waals surface area contributed by atoms with Crippen LogP contribution in [0.15, 0.2) is 42.6 Å². The Balaban J connectivity index is 1.54. The molecular formula is C21H25N5O3. The molecule has 8 heteroatoms. The highest BCUT2D eigenvalue weighted by Gasteiger charge is 2.24. The van der Waals surface area contributed by atoms with Crippen LogP contribution in [0.5, 0.6) is 5.75 Å². The number of rotatable bonds is 4. The van der Waals surface area contributed by atoms with Crippen molar-refractivity contribution in [1.82, 2.24) is 19.5 Å². The maximum Gasteiger partial charge on any atom is 0.410 e. The van der Waals surface area contributed by atoms with E-state index < -0.39 is 0 Å². The van der Waals surface area contributed by atoms with E-state index in [1.165, 1.54) is 0 Å². The van der Waals surface area contributed by atoms with Crippen molar-refractivity contribution in [3.05, 3.63) is 42.6 Å². The standard InChI is InChI=1S/C21H25N5O3/c1-15(2)29-21(27)25-11-9-24(10-12-25)20-8-7-19-22-14-18(26(19)23-20)16-5-4-6-17(13-16)28-3/h4-8,13-15H,9-12H2,1-3H3. The fourth-order valence-corrected chi connectivity index (χ4v) is 3.41. The van der Waals surface area contributed by atoms with E-state index in [0.29, 0.717) is 26.2 Å². The Bertz CT molecular complexity index is 1010. The number of aromatic nitrogens is 3. The molecule has 0 aliphatic carbocycles. The number of ether oxygens (including phenoxy) is 2. The third kappa shape index (κ3) is 3.96. The summed E-state index contributed by atoms with van der Waals surface area (Å²) in [5.41, 5.74) is 2.67. The second-order valence-electron chi connectivity index (χ2n) is 7.24. The summed E-state index contributed by atoms with van der Waals surface area (Å²) in [4.78, 5) is 20.5. The maximum atomic E-state index is 12.1. The van der Waals surface area contributed by atoms with Gasteiger partial charge in [0.1, 0.15) is 11.6 Å². The number of carbonyl (C=O) groups excluding carboxylic acids is 1. The average Bonchev–Trinajstić information content (AvgIpc) is 3.16. The number of carbonyl (C=O) groups is 1. The minimum absolute atomic E-state index is 0.110. The molecule has 3 heterocycles. The molecule has 1 aliphatic heterocycles. The molecule has 152 valence electrons. The van der Waals surface area contributed by atoms with Crippen LogP contribution in [0.2, 0.25) is 0 Å². The fourth-order valence-electron chi connectivity index (χ4n) is 3.41. The van der Waals surface area contributed by atoms with Gasteiger partial charge in [-0.3, -0.25) is 0 Å². The fraction of sp³-hybridized carbons (Fsp3) is 0.381. The number of hydrogen-bond donors (Lipinski definition) is 0. The summed E-state index contributed by atoms with van der Waals surface area (Å²) >= 11 is 0. The van der Waals surface area contributed by atoms with E-state index in [4.69, 9.17) is 14.6 Å². The Morgan fingerprint density at radius 2 is 1.90 bits per heavy atom. The van der Waals surface area contributed by atoms with Gasteiger partial charge in [0.05, 0.1) is 25.1 Å². The molecule has 1 aromatic carbocycles. The van der Waals surface area contributed by atoms with Gasteiger partial charge in [0.15, 0.2) is 5.65 Å². The number of anilines is 1. The number of nitrogens with zero attached hydrogens (tertiary/aromatic N) is 5. The van der Waals surface area contributed by atoms with Gasteiger partial charge in [-0.15, -0.1) is 5.10 Å². The molecule has 0 bridgehead atoms. The first-order valence-electron chi connectivity index (χ1n) is 9.75. The molecule has 8 nitrogen and oxygen atoms in total. The van der Waals surface area contributed by atoms with Crippen molar-refractivity contribution in [3.8, 4) is 17.0 Å². The second-order valence-corrected chi connectivity index (χ2v) is 7.24. The summed E-state index contributed by atoms with van der Waals surface area (Å²) in [5, 5.41) is 4.81. The van der Waals surface area contributed by atoms with Crippen molar-refractivity contribution in [3.63, 3.8) is 0 Å². The van der Waals surface area contributed by atoms with Gasteiger partial charge in [0.2, 0.25) is 0 Å². The van der Waals surface area contributed by atoms with Crippen LogP contribution in [-0.2, 0) is 4.74 Å². The van der Waals surface area contributed by atoms with Gasteiger partial charge in [-0.05, 0) is 38.1 Å². The molecule has 0 atom stereocenters. The van der Waals surface area contributed by atoms with E-state index in [1.807, 2.05) is 61.0 Å².